The number of aromatic nitrogens is 3. The molecule has 29 heavy (non-hydrogen) atoms. The minimum Gasteiger partial charge on any atom is -0.406 e. The molecule has 0 spiro atoms. The first kappa shape index (κ1) is 18.9. The topological polar surface area (TPSA) is 100 Å². The predicted octanol–water partition coefficient (Wildman–Crippen LogP) is 3.64. The van der Waals surface area contributed by atoms with Crippen molar-refractivity contribution < 1.29 is 14.3 Å². The monoisotopic (exact) mass is 393 g/mol. The van der Waals surface area contributed by atoms with Crippen LogP contribution in [0.3, 0.4) is 0 Å². The number of H-pyrrole nitrogens is 1. The Morgan fingerprint density at radius 3 is 2.86 bits per heavy atom. The Bertz CT molecular complexity index is 1080. The fourth-order valence-corrected chi connectivity index (χ4v) is 3.27. The number of rotatable bonds is 3. The maximum atomic E-state index is 12.1. The summed E-state index contributed by atoms with van der Waals surface area (Å²) in [6, 6.07) is 7.66. The molecule has 1 saturated heterocycles. The van der Waals surface area contributed by atoms with E-state index in [0.29, 0.717) is 29.0 Å². The number of benzene rings is 1. The summed E-state index contributed by atoms with van der Waals surface area (Å²) >= 11 is 0. The zero-order valence-corrected chi connectivity index (χ0v) is 16.7. The van der Waals surface area contributed by atoms with Gasteiger partial charge in [0.05, 0.1) is 11.9 Å². The Labute approximate surface area is 168 Å². The van der Waals surface area contributed by atoms with Crippen LogP contribution in [0.1, 0.15) is 33.6 Å². The van der Waals surface area contributed by atoms with Crippen molar-refractivity contribution in [1.82, 2.24) is 20.3 Å². The molecule has 0 radical (unpaired) electrons. The molecule has 4 rings (SSSR count). The fraction of sp³-hybridized carbons (Fsp3) is 0.333. The lowest BCUT2D eigenvalue weighted by Gasteiger charge is -2.19. The molecular formula is C21H23N5O3. The number of nitrogens with one attached hydrogen (secondary N) is 2. The van der Waals surface area contributed by atoms with Crippen molar-refractivity contribution in [2.45, 2.75) is 39.2 Å². The molecule has 0 aliphatic carbocycles. The van der Waals surface area contributed by atoms with Gasteiger partial charge in [-0.05, 0) is 39.3 Å². The number of nitrogens with zero attached hydrogens (tertiary/aromatic N) is 3. The number of ether oxygens (including phenoxy) is 1. The van der Waals surface area contributed by atoms with Crippen LogP contribution >= 0.6 is 0 Å². The van der Waals surface area contributed by atoms with Gasteiger partial charge >= 0.3 is 6.09 Å². The quantitative estimate of drug-likeness (QED) is 0.708. The lowest BCUT2D eigenvalue weighted by Crippen LogP contribution is -2.42. The smallest absolute Gasteiger partial charge is 0.406 e. The van der Waals surface area contributed by atoms with Gasteiger partial charge in [-0.3, -0.25) is 4.79 Å². The number of carbonyl (C=O) groups excluding carboxylic acids is 2. The van der Waals surface area contributed by atoms with Crippen LogP contribution in [0.4, 0.5) is 10.5 Å². The summed E-state index contributed by atoms with van der Waals surface area (Å²) in [7, 11) is 0. The predicted molar refractivity (Wildman–Crippen MR) is 110 cm³/mol. The summed E-state index contributed by atoms with van der Waals surface area (Å²) < 4.78 is 5.42. The van der Waals surface area contributed by atoms with Crippen LogP contribution in [0.2, 0.25) is 0 Å². The maximum Gasteiger partial charge on any atom is 0.413 e. The van der Waals surface area contributed by atoms with Gasteiger partial charge in [0.1, 0.15) is 0 Å². The molecule has 0 atom stereocenters. The van der Waals surface area contributed by atoms with Crippen molar-refractivity contribution in [3.63, 3.8) is 0 Å². The molecule has 1 fully saturated rings. The number of aromatic amines is 1. The van der Waals surface area contributed by atoms with E-state index in [1.165, 1.54) is 0 Å². The lowest BCUT2D eigenvalue weighted by atomic mass is 10.1. The van der Waals surface area contributed by atoms with Gasteiger partial charge in [0.2, 0.25) is 5.91 Å². The summed E-state index contributed by atoms with van der Waals surface area (Å²) in [6.07, 6.45) is 4.12. The number of carbonyl (C=O) groups is 2. The van der Waals surface area contributed by atoms with Gasteiger partial charge < -0.3 is 19.9 Å². The Hall–Kier alpha value is -3.42. The van der Waals surface area contributed by atoms with Crippen LogP contribution < -0.4 is 15.0 Å². The fourth-order valence-electron chi connectivity index (χ4n) is 3.27. The van der Waals surface area contributed by atoms with E-state index in [1.54, 1.807) is 17.3 Å². The first-order chi connectivity index (χ1) is 13.8. The van der Waals surface area contributed by atoms with E-state index in [1.807, 2.05) is 45.0 Å². The van der Waals surface area contributed by atoms with Crippen LogP contribution in [-0.4, -0.2) is 39.0 Å². The van der Waals surface area contributed by atoms with E-state index in [9.17, 15) is 9.59 Å². The number of fused-ring (bicyclic) bond motifs is 1. The van der Waals surface area contributed by atoms with Crippen LogP contribution in [0, 0.1) is 0 Å². The number of hydrogen-bond donors (Lipinski definition) is 2. The second-order valence-corrected chi connectivity index (χ2v) is 8.07. The molecule has 1 aliphatic heterocycles. The van der Waals surface area contributed by atoms with E-state index in [4.69, 9.17) is 4.74 Å². The molecule has 3 aromatic rings. The first-order valence-electron chi connectivity index (χ1n) is 9.55. The maximum absolute atomic E-state index is 12.1. The van der Waals surface area contributed by atoms with Crippen molar-refractivity contribution in [1.29, 1.82) is 0 Å². The van der Waals surface area contributed by atoms with Crippen LogP contribution in [-0.2, 0) is 4.79 Å². The van der Waals surface area contributed by atoms with Crippen molar-refractivity contribution in [3.8, 4) is 17.0 Å². The van der Waals surface area contributed by atoms with E-state index < -0.39 is 11.6 Å². The standard InChI is InChI=1S/C21H23N5O3/c1-21(2,3)25-20(28)29-16-12-23-19-18(16)24-15(11-22-19)13-6-4-7-14(10-13)26-9-5-8-17(26)27/h4,6-7,10-12H,5,8-9H2,1-3H3,(H,22,23)(H,25,28). The SMILES string of the molecule is CC(C)(C)NC(=O)Oc1c[nH]c2ncc(-c3cccc(N4CCCC4=O)c3)nc12. The van der Waals surface area contributed by atoms with Gasteiger partial charge in [0.15, 0.2) is 16.9 Å². The van der Waals surface area contributed by atoms with E-state index >= 15 is 0 Å². The third-order valence-electron chi connectivity index (χ3n) is 4.55. The molecule has 3 heterocycles. The Balaban J connectivity index is 1.64. The van der Waals surface area contributed by atoms with Crippen molar-refractivity contribution in [2.75, 3.05) is 11.4 Å². The summed E-state index contributed by atoms with van der Waals surface area (Å²) in [5.74, 6) is 0.442. The average Bonchev–Trinajstić information content (AvgIpc) is 3.26. The second-order valence-electron chi connectivity index (χ2n) is 8.07. The van der Waals surface area contributed by atoms with E-state index in [-0.39, 0.29) is 5.91 Å². The van der Waals surface area contributed by atoms with Gasteiger partial charge in [0.25, 0.3) is 0 Å². The molecule has 2 amide bonds. The van der Waals surface area contributed by atoms with Gasteiger partial charge in [0, 0.05) is 36.0 Å². The summed E-state index contributed by atoms with van der Waals surface area (Å²) in [4.78, 5) is 37.9. The Morgan fingerprint density at radius 1 is 1.31 bits per heavy atom. The average molecular weight is 393 g/mol. The zero-order chi connectivity index (χ0) is 20.6. The summed E-state index contributed by atoms with van der Waals surface area (Å²) in [5, 5.41) is 2.75. The highest BCUT2D eigenvalue weighted by molar-refractivity contribution is 5.96. The normalized spacial score (nSPS) is 14.4. The van der Waals surface area contributed by atoms with Crippen LogP contribution in [0.5, 0.6) is 5.75 Å². The Kier molecular flexibility index (Phi) is 4.70. The number of amides is 2. The van der Waals surface area contributed by atoms with Crippen molar-refractivity contribution in [2.24, 2.45) is 0 Å². The summed E-state index contributed by atoms with van der Waals surface area (Å²) in [6.45, 7) is 6.35. The molecule has 150 valence electrons. The van der Waals surface area contributed by atoms with Gasteiger partial charge in [-0.2, -0.15) is 0 Å². The largest absolute Gasteiger partial charge is 0.413 e. The molecule has 1 aromatic carbocycles. The molecule has 8 nitrogen and oxygen atoms in total. The summed E-state index contributed by atoms with van der Waals surface area (Å²) in [5.41, 5.74) is 2.90. The first-order valence-corrected chi connectivity index (χ1v) is 9.55. The Morgan fingerprint density at radius 2 is 2.14 bits per heavy atom. The third kappa shape index (κ3) is 4.06. The van der Waals surface area contributed by atoms with E-state index in [0.717, 1.165) is 24.2 Å². The molecule has 2 N–H and O–H groups in total. The molecule has 0 saturated carbocycles. The van der Waals surface area contributed by atoms with Crippen LogP contribution in [0.15, 0.2) is 36.7 Å². The molecule has 1 aliphatic rings. The highest BCUT2D eigenvalue weighted by atomic mass is 16.6. The number of anilines is 1. The molecule has 0 unspecified atom stereocenters. The minimum atomic E-state index is -0.555. The minimum absolute atomic E-state index is 0.134. The van der Waals surface area contributed by atoms with Crippen molar-refractivity contribution in [3.05, 3.63) is 36.7 Å². The molecular weight excluding hydrogens is 370 g/mol. The van der Waals surface area contributed by atoms with Gasteiger partial charge in [-0.15, -0.1) is 0 Å². The molecule has 8 heteroatoms. The van der Waals surface area contributed by atoms with Gasteiger partial charge in [-0.25, -0.2) is 14.8 Å². The van der Waals surface area contributed by atoms with Crippen LogP contribution in [0.25, 0.3) is 22.4 Å². The highest BCUT2D eigenvalue weighted by Gasteiger charge is 2.22. The van der Waals surface area contributed by atoms with Gasteiger partial charge in [-0.1, -0.05) is 12.1 Å². The molecule has 2 aromatic heterocycles. The third-order valence-corrected chi connectivity index (χ3v) is 4.55. The second kappa shape index (κ2) is 7.20. The lowest BCUT2D eigenvalue weighted by molar-refractivity contribution is -0.117. The van der Waals surface area contributed by atoms with Crippen molar-refractivity contribution >= 4 is 28.9 Å². The zero-order valence-electron chi connectivity index (χ0n) is 16.7. The number of hydrogen-bond acceptors (Lipinski definition) is 5. The molecule has 0 bridgehead atoms. The van der Waals surface area contributed by atoms with E-state index in [2.05, 4.69) is 20.3 Å². The highest BCUT2D eigenvalue weighted by Crippen LogP contribution is 2.29.